The van der Waals surface area contributed by atoms with Crippen molar-refractivity contribution in [2.24, 2.45) is 5.92 Å². The monoisotopic (exact) mass is 342 g/mol. The standard InChI is InChI=1S/C20H26N2OS/c1-15(2)19(20-16(3)9-7-13-21-20)22-18(23)12-8-14-24-17-10-5-4-6-11-17/h4-7,9-11,13,15,19H,8,12,14H2,1-3H3,(H,22,23). The third-order valence-corrected chi connectivity index (χ3v) is 4.99. The van der Waals surface area contributed by atoms with E-state index in [9.17, 15) is 4.79 Å². The Kier molecular flexibility index (Phi) is 7.32. The Morgan fingerprint density at radius 2 is 1.92 bits per heavy atom. The fraction of sp³-hybridized carbons (Fsp3) is 0.400. The Labute approximate surface area is 149 Å². The maximum atomic E-state index is 12.3. The molecule has 0 spiro atoms. The van der Waals surface area contributed by atoms with Crippen LogP contribution in [0.4, 0.5) is 0 Å². The van der Waals surface area contributed by atoms with Crippen LogP contribution in [0.2, 0.25) is 0 Å². The molecule has 1 aromatic carbocycles. The SMILES string of the molecule is Cc1cccnc1C(NC(=O)CCCSc1ccccc1)C(C)C. The van der Waals surface area contributed by atoms with E-state index in [0.717, 1.165) is 23.4 Å². The molecule has 0 bridgehead atoms. The van der Waals surface area contributed by atoms with E-state index in [0.29, 0.717) is 12.3 Å². The van der Waals surface area contributed by atoms with Crippen LogP contribution in [0.15, 0.2) is 53.6 Å². The van der Waals surface area contributed by atoms with Crippen LogP contribution in [0.1, 0.15) is 44.0 Å². The first-order valence-electron chi connectivity index (χ1n) is 8.46. The summed E-state index contributed by atoms with van der Waals surface area (Å²) in [6.45, 7) is 6.27. The smallest absolute Gasteiger partial charge is 0.220 e. The molecule has 1 amide bonds. The lowest BCUT2D eigenvalue weighted by Crippen LogP contribution is -2.32. The zero-order valence-corrected chi connectivity index (χ0v) is 15.5. The highest BCUT2D eigenvalue weighted by Crippen LogP contribution is 2.23. The summed E-state index contributed by atoms with van der Waals surface area (Å²) >= 11 is 1.79. The minimum atomic E-state index is -0.0273. The lowest BCUT2D eigenvalue weighted by molar-refractivity contribution is -0.122. The van der Waals surface area contributed by atoms with E-state index in [1.807, 2.05) is 37.3 Å². The second-order valence-corrected chi connectivity index (χ2v) is 7.43. The Morgan fingerprint density at radius 1 is 1.17 bits per heavy atom. The van der Waals surface area contributed by atoms with Crippen molar-refractivity contribution in [2.45, 2.75) is 44.6 Å². The number of aromatic nitrogens is 1. The van der Waals surface area contributed by atoms with Crippen molar-refractivity contribution in [1.29, 1.82) is 0 Å². The Morgan fingerprint density at radius 3 is 2.58 bits per heavy atom. The largest absolute Gasteiger partial charge is 0.347 e. The number of hydrogen-bond acceptors (Lipinski definition) is 3. The van der Waals surface area contributed by atoms with Gasteiger partial charge in [-0.15, -0.1) is 11.8 Å². The molecule has 3 nitrogen and oxygen atoms in total. The molecule has 2 rings (SSSR count). The molecule has 1 N–H and O–H groups in total. The summed E-state index contributed by atoms with van der Waals surface area (Å²) in [7, 11) is 0. The third kappa shape index (κ3) is 5.68. The van der Waals surface area contributed by atoms with Crippen LogP contribution >= 0.6 is 11.8 Å². The second-order valence-electron chi connectivity index (χ2n) is 6.26. The summed E-state index contributed by atoms with van der Waals surface area (Å²) < 4.78 is 0. The first-order chi connectivity index (χ1) is 11.6. The van der Waals surface area contributed by atoms with Crippen LogP contribution < -0.4 is 5.32 Å². The fourth-order valence-electron chi connectivity index (χ4n) is 2.56. The van der Waals surface area contributed by atoms with E-state index in [4.69, 9.17) is 0 Å². The topological polar surface area (TPSA) is 42.0 Å². The first kappa shape index (κ1) is 18.5. The molecule has 24 heavy (non-hydrogen) atoms. The van der Waals surface area contributed by atoms with Gasteiger partial charge in [0.15, 0.2) is 0 Å². The molecule has 4 heteroatoms. The van der Waals surface area contributed by atoms with Crippen LogP contribution in [0.3, 0.4) is 0 Å². The maximum Gasteiger partial charge on any atom is 0.220 e. The average Bonchev–Trinajstić information content (AvgIpc) is 2.58. The summed E-state index contributed by atoms with van der Waals surface area (Å²) in [4.78, 5) is 18.0. The van der Waals surface area contributed by atoms with E-state index >= 15 is 0 Å². The molecule has 0 saturated carbocycles. The molecule has 1 atom stereocenters. The number of hydrogen-bond donors (Lipinski definition) is 1. The van der Waals surface area contributed by atoms with Crippen molar-refractivity contribution < 1.29 is 4.79 Å². The lowest BCUT2D eigenvalue weighted by atomic mass is 9.97. The minimum absolute atomic E-state index is 0.0273. The summed E-state index contributed by atoms with van der Waals surface area (Å²) in [5.74, 6) is 1.36. The van der Waals surface area contributed by atoms with Gasteiger partial charge in [0.2, 0.25) is 5.91 Å². The number of rotatable bonds is 8. The van der Waals surface area contributed by atoms with Crippen LogP contribution in [-0.2, 0) is 4.79 Å². The molecule has 0 radical (unpaired) electrons. The van der Waals surface area contributed by atoms with Gasteiger partial charge in [-0.2, -0.15) is 0 Å². The zero-order chi connectivity index (χ0) is 17.4. The molecule has 0 aliphatic carbocycles. The molecule has 1 unspecified atom stereocenters. The van der Waals surface area contributed by atoms with Crippen LogP contribution in [0.5, 0.6) is 0 Å². The third-order valence-electron chi connectivity index (χ3n) is 3.89. The summed E-state index contributed by atoms with van der Waals surface area (Å²) in [5.41, 5.74) is 2.09. The number of thioether (sulfide) groups is 1. The molecule has 0 aliphatic rings. The molecule has 0 aliphatic heterocycles. The van der Waals surface area contributed by atoms with Crippen molar-refractivity contribution in [3.05, 3.63) is 59.9 Å². The van der Waals surface area contributed by atoms with Gasteiger partial charge >= 0.3 is 0 Å². The summed E-state index contributed by atoms with van der Waals surface area (Å²) in [6.07, 6.45) is 3.21. The van der Waals surface area contributed by atoms with Crippen molar-refractivity contribution in [3.63, 3.8) is 0 Å². The van der Waals surface area contributed by atoms with E-state index < -0.39 is 0 Å². The van der Waals surface area contributed by atoms with Gasteiger partial charge in [0, 0.05) is 17.5 Å². The Balaban J connectivity index is 1.82. The van der Waals surface area contributed by atoms with Crippen molar-refractivity contribution >= 4 is 17.7 Å². The number of pyridine rings is 1. The van der Waals surface area contributed by atoms with Crippen LogP contribution in [0.25, 0.3) is 0 Å². The van der Waals surface area contributed by atoms with Gasteiger partial charge in [-0.3, -0.25) is 9.78 Å². The van der Waals surface area contributed by atoms with E-state index in [-0.39, 0.29) is 11.9 Å². The molecule has 0 saturated heterocycles. The average molecular weight is 343 g/mol. The summed E-state index contributed by atoms with van der Waals surface area (Å²) in [5, 5.41) is 3.16. The predicted octanol–water partition coefficient (Wildman–Crippen LogP) is 4.78. The van der Waals surface area contributed by atoms with E-state index in [1.165, 1.54) is 4.90 Å². The van der Waals surface area contributed by atoms with Gasteiger partial charge in [-0.1, -0.05) is 38.1 Å². The molecule has 1 aromatic heterocycles. The second kappa shape index (κ2) is 9.48. The Bertz CT molecular complexity index is 643. The van der Waals surface area contributed by atoms with Gasteiger partial charge in [-0.05, 0) is 48.8 Å². The van der Waals surface area contributed by atoms with Crippen LogP contribution in [0, 0.1) is 12.8 Å². The number of nitrogens with one attached hydrogen (secondary N) is 1. The molecule has 128 valence electrons. The van der Waals surface area contributed by atoms with Gasteiger partial charge < -0.3 is 5.32 Å². The highest BCUT2D eigenvalue weighted by molar-refractivity contribution is 7.99. The molecule has 1 heterocycles. The number of aryl methyl sites for hydroxylation is 1. The van der Waals surface area contributed by atoms with Crippen molar-refractivity contribution in [1.82, 2.24) is 10.3 Å². The van der Waals surface area contributed by atoms with E-state index in [2.05, 4.69) is 36.3 Å². The molecule has 2 aromatic rings. The predicted molar refractivity (Wildman–Crippen MR) is 101 cm³/mol. The normalized spacial score (nSPS) is 12.2. The van der Waals surface area contributed by atoms with Crippen molar-refractivity contribution in [2.75, 3.05) is 5.75 Å². The maximum absolute atomic E-state index is 12.3. The minimum Gasteiger partial charge on any atom is -0.347 e. The fourth-order valence-corrected chi connectivity index (χ4v) is 3.43. The van der Waals surface area contributed by atoms with E-state index in [1.54, 1.807) is 18.0 Å². The van der Waals surface area contributed by atoms with Gasteiger partial charge in [0.05, 0.1) is 11.7 Å². The number of carbonyl (C=O) groups excluding carboxylic acids is 1. The number of carbonyl (C=O) groups is 1. The molecular formula is C20H26N2OS. The Hall–Kier alpha value is -1.81. The number of amides is 1. The van der Waals surface area contributed by atoms with Gasteiger partial charge in [0.25, 0.3) is 0 Å². The number of benzene rings is 1. The molecular weight excluding hydrogens is 316 g/mol. The molecule has 0 fully saturated rings. The van der Waals surface area contributed by atoms with Crippen molar-refractivity contribution in [3.8, 4) is 0 Å². The number of nitrogens with zero attached hydrogens (tertiary/aromatic N) is 1. The van der Waals surface area contributed by atoms with Gasteiger partial charge in [0.1, 0.15) is 0 Å². The first-order valence-corrected chi connectivity index (χ1v) is 9.45. The van der Waals surface area contributed by atoms with Gasteiger partial charge in [-0.25, -0.2) is 0 Å². The highest BCUT2D eigenvalue weighted by Gasteiger charge is 2.20. The highest BCUT2D eigenvalue weighted by atomic mass is 32.2. The van der Waals surface area contributed by atoms with Crippen LogP contribution in [-0.4, -0.2) is 16.6 Å². The summed E-state index contributed by atoms with van der Waals surface area (Å²) in [6, 6.07) is 14.2. The zero-order valence-electron chi connectivity index (χ0n) is 14.7. The lowest BCUT2D eigenvalue weighted by Gasteiger charge is -2.23. The quantitative estimate of drug-likeness (QED) is 0.555.